The maximum Gasteiger partial charge on any atom is 0.191 e. The van der Waals surface area contributed by atoms with E-state index in [0.717, 1.165) is 44.3 Å². The van der Waals surface area contributed by atoms with E-state index in [0.29, 0.717) is 6.54 Å². The molecule has 0 aromatic carbocycles. The van der Waals surface area contributed by atoms with E-state index in [9.17, 15) is 0 Å². The summed E-state index contributed by atoms with van der Waals surface area (Å²) >= 11 is 0. The molecule has 7 heteroatoms. The zero-order valence-electron chi connectivity index (χ0n) is 16.6. The molecule has 1 aliphatic heterocycles. The van der Waals surface area contributed by atoms with Gasteiger partial charge in [-0.2, -0.15) is 5.10 Å². The van der Waals surface area contributed by atoms with Gasteiger partial charge >= 0.3 is 0 Å². The van der Waals surface area contributed by atoms with E-state index in [1.165, 1.54) is 11.3 Å². The molecule has 0 saturated carbocycles. The van der Waals surface area contributed by atoms with E-state index in [-0.39, 0.29) is 12.1 Å². The van der Waals surface area contributed by atoms with Crippen LogP contribution in [-0.2, 0) is 18.2 Å². The van der Waals surface area contributed by atoms with Crippen LogP contribution in [0, 0.1) is 13.8 Å². The highest BCUT2D eigenvalue weighted by Crippen LogP contribution is 2.14. The van der Waals surface area contributed by atoms with Crippen LogP contribution >= 0.6 is 0 Å². The molecule has 142 valence electrons. The van der Waals surface area contributed by atoms with Gasteiger partial charge in [-0.3, -0.25) is 9.67 Å². The fraction of sp³-hybridized carbons (Fsp3) is 0.778. The fourth-order valence-corrected chi connectivity index (χ4v) is 3.19. The third-order valence-electron chi connectivity index (χ3n) is 4.69. The Bertz CT molecular complexity index is 582. The molecule has 0 amide bonds. The number of rotatable bonds is 6. The molecule has 2 unspecified atom stereocenters. The van der Waals surface area contributed by atoms with Gasteiger partial charge in [0.1, 0.15) is 0 Å². The second kappa shape index (κ2) is 9.20. The van der Waals surface area contributed by atoms with Gasteiger partial charge in [0.15, 0.2) is 5.96 Å². The first-order valence-corrected chi connectivity index (χ1v) is 9.24. The van der Waals surface area contributed by atoms with Crippen LogP contribution < -0.4 is 10.6 Å². The normalized spacial score (nSPS) is 20.6. The predicted octanol–water partition coefficient (Wildman–Crippen LogP) is 0.854. The Kier molecular flexibility index (Phi) is 7.25. The molecule has 0 radical (unpaired) electrons. The summed E-state index contributed by atoms with van der Waals surface area (Å²) in [5.41, 5.74) is 3.65. The number of hydrogen-bond acceptors (Lipinski definition) is 4. The van der Waals surface area contributed by atoms with Gasteiger partial charge in [-0.05, 0) is 46.7 Å². The zero-order chi connectivity index (χ0) is 18.4. The van der Waals surface area contributed by atoms with Crippen LogP contribution in [0.5, 0.6) is 0 Å². The first-order chi connectivity index (χ1) is 11.9. The Morgan fingerprint density at radius 1 is 1.40 bits per heavy atom. The van der Waals surface area contributed by atoms with Gasteiger partial charge < -0.3 is 20.3 Å². The van der Waals surface area contributed by atoms with Gasteiger partial charge in [-0.15, -0.1) is 0 Å². The summed E-state index contributed by atoms with van der Waals surface area (Å²) in [5, 5.41) is 11.4. The van der Waals surface area contributed by atoms with E-state index in [1.54, 1.807) is 0 Å². The molecule has 2 atom stereocenters. The van der Waals surface area contributed by atoms with Gasteiger partial charge in [0, 0.05) is 38.4 Å². The van der Waals surface area contributed by atoms with Crippen molar-refractivity contribution in [3.63, 3.8) is 0 Å². The third-order valence-corrected chi connectivity index (χ3v) is 4.69. The summed E-state index contributed by atoms with van der Waals surface area (Å²) in [6.07, 6.45) is 1.10. The predicted molar refractivity (Wildman–Crippen MR) is 102 cm³/mol. The van der Waals surface area contributed by atoms with Gasteiger partial charge in [0.05, 0.1) is 24.9 Å². The lowest BCUT2D eigenvalue weighted by molar-refractivity contribution is -0.0136. The summed E-state index contributed by atoms with van der Waals surface area (Å²) in [6.45, 7) is 12.7. The van der Waals surface area contributed by atoms with Gasteiger partial charge in [0.2, 0.25) is 0 Å². The maximum absolute atomic E-state index is 5.80. The van der Waals surface area contributed by atoms with Crippen molar-refractivity contribution in [1.29, 1.82) is 0 Å². The number of nitrogens with one attached hydrogen (secondary N) is 2. The third kappa shape index (κ3) is 5.71. The molecule has 1 fully saturated rings. The molecule has 1 saturated heterocycles. The molecule has 2 N–H and O–H groups in total. The molecule has 2 heterocycles. The van der Waals surface area contributed by atoms with E-state index < -0.39 is 0 Å². The Labute approximate surface area is 151 Å². The quantitative estimate of drug-likeness (QED) is 0.588. The summed E-state index contributed by atoms with van der Waals surface area (Å²) in [5.74, 6) is 0.853. The van der Waals surface area contributed by atoms with Crippen molar-refractivity contribution >= 4 is 5.96 Å². The minimum atomic E-state index is 0.173. The fourth-order valence-electron chi connectivity index (χ4n) is 3.19. The Hall–Kier alpha value is -1.60. The smallest absolute Gasteiger partial charge is 0.191 e. The lowest BCUT2D eigenvalue weighted by Gasteiger charge is -2.29. The monoisotopic (exact) mass is 350 g/mol. The van der Waals surface area contributed by atoms with Crippen LogP contribution in [0.25, 0.3) is 0 Å². The van der Waals surface area contributed by atoms with Crippen molar-refractivity contribution in [2.45, 2.75) is 46.3 Å². The van der Waals surface area contributed by atoms with Gasteiger partial charge in [0.25, 0.3) is 0 Å². The average Bonchev–Trinajstić information content (AvgIpc) is 2.79. The number of nitrogens with zero attached hydrogens (tertiary/aromatic N) is 4. The number of ether oxygens (including phenoxy) is 1. The largest absolute Gasteiger partial charge is 0.374 e. The molecule has 0 bridgehead atoms. The molecule has 0 spiro atoms. The highest BCUT2D eigenvalue weighted by molar-refractivity contribution is 5.80. The minimum Gasteiger partial charge on any atom is -0.374 e. The van der Waals surface area contributed by atoms with E-state index in [2.05, 4.69) is 55.4 Å². The SMILES string of the molecule is CCNC(=NCC1CN(C)CCO1)NC(C)Cc1c(C)nn(C)c1C. The van der Waals surface area contributed by atoms with Crippen molar-refractivity contribution in [2.24, 2.45) is 12.0 Å². The van der Waals surface area contributed by atoms with Crippen LogP contribution in [0.1, 0.15) is 30.8 Å². The first kappa shape index (κ1) is 19.7. The zero-order valence-corrected chi connectivity index (χ0v) is 16.6. The average molecular weight is 351 g/mol. The molecule has 25 heavy (non-hydrogen) atoms. The number of hydrogen-bond donors (Lipinski definition) is 2. The van der Waals surface area contributed by atoms with Crippen LogP contribution in [0.4, 0.5) is 0 Å². The van der Waals surface area contributed by atoms with Crippen LogP contribution in [0.2, 0.25) is 0 Å². The van der Waals surface area contributed by atoms with Gasteiger partial charge in [-0.1, -0.05) is 0 Å². The summed E-state index contributed by atoms with van der Waals surface area (Å²) < 4.78 is 7.75. The van der Waals surface area contributed by atoms with Crippen LogP contribution in [0.15, 0.2) is 4.99 Å². The molecular formula is C18H34N6O. The highest BCUT2D eigenvalue weighted by atomic mass is 16.5. The molecule has 1 aromatic heterocycles. The number of aliphatic imine (C=N–C) groups is 1. The Morgan fingerprint density at radius 2 is 2.16 bits per heavy atom. The summed E-state index contributed by atoms with van der Waals surface area (Å²) in [6, 6.07) is 0.273. The second-order valence-electron chi connectivity index (χ2n) is 7.00. The van der Waals surface area contributed by atoms with Crippen molar-refractivity contribution in [2.75, 3.05) is 39.8 Å². The van der Waals surface area contributed by atoms with Crippen molar-refractivity contribution in [3.05, 3.63) is 17.0 Å². The lowest BCUT2D eigenvalue weighted by atomic mass is 10.1. The van der Waals surface area contributed by atoms with E-state index in [1.807, 2.05) is 11.7 Å². The number of guanidine groups is 1. The standard InChI is InChI=1S/C18H34N6O/c1-7-19-18(20-11-16-12-23(5)8-9-25-16)21-13(2)10-17-14(3)22-24(6)15(17)4/h13,16H,7-12H2,1-6H3,(H2,19,20,21). The maximum atomic E-state index is 5.80. The molecule has 1 aromatic rings. The number of morpholine rings is 1. The number of aryl methyl sites for hydroxylation is 2. The molecule has 0 aliphatic carbocycles. The summed E-state index contributed by atoms with van der Waals surface area (Å²) in [7, 11) is 4.12. The van der Waals surface area contributed by atoms with Gasteiger partial charge in [-0.25, -0.2) is 0 Å². The topological polar surface area (TPSA) is 66.7 Å². The number of likely N-dealkylation sites (N-methyl/N-ethyl adjacent to an activating group) is 1. The molecule has 7 nitrogen and oxygen atoms in total. The van der Waals surface area contributed by atoms with Crippen molar-refractivity contribution in [3.8, 4) is 0 Å². The Balaban J connectivity index is 1.93. The van der Waals surface area contributed by atoms with E-state index >= 15 is 0 Å². The van der Waals surface area contributed by atoms with Crippen LogP contribution in [0.3, 0.4) is 0 Å². The van der Waals surface area contributed by atoms with E-state index in [4.69, 9.17) is 9.73 Å². The molecular weight excluding hydrogens is 316 g/mol. The minimum absolute atomic E-state index is 0.173. The molecule has 1 aliphatic rings. The van der Waals surface area contributed by atoms with Crippen LogP contribution in [-0.4, -0.2) is 72.6 Å². The highest BCUT2D eigenvalue weighted by Gasteiger charge is 2.18. The first-order valence-electron chi connectivity index (χ1n) is 9.24. The van der Waals surface area contributed by atoms with Crippen molar-refractivity contribution < 1.29 is 4.74 Å². The summed E-state index contributed by atoms with van der Waals surface area (Å²) in [4.78, 5) is 7.02. The van der Waals surface area contributed by atoms with Crippen molar-refractivity contribution in [1.82, 2.24) is 25.3 Å². The lowest BCUT2D eigenvalue weighted by Crippen LogP contribution is -2.45. The Morgan fingerprint density at radius 3 is 2.76 bits per heavy atom. The second-order valence-corrected chi connectivity index (χ2v) is 7.00. The number of aromatic nitrogens is 2. The molecule has 2 rings (SSSR count).